The Morgan fingerprint density at radius 2 is 1.97 bits per heavy atom. The quantitative estimate of drug-likeness (QED) is 0.672. The van der Waals surface area contributed by atoms with E-state index in [0.29, 0.717) is 6.10 Å². The molecule has 2 saturated heterocycles. The molecule has 2 aliphatic heterocycles. The van der Waals surface area contributed by atoms with Gasteiger partial charge in [-0.25, -0.2) is 14.5 Å². The molecule has 8 heteroatoms. The maximum absolute atomic E-state index is 5.49. The predicted molar refractivity (Wildman–Crippen MR) is 112 cm³/mol. The molecule has 0 spiro atoms. The minimum atomic E-state index is 0.292. The molecule has 2 aliphatic rings. The van der Waals surface area contributed by atoms with Crippen molar-refractivity contribution in [3.05, 3.63) is 36.3 Å². The van der Waals surface area contributed by atoms with E-state index < -0.39 is 0 Å². The number of anilines is 2. The standard InChI is InChI=1S/C21H26N6O2/c1-15-20(16-3-4-19(22-13-16)26-8-6-17(14-26)28-2)27-21(24-15)18(5-7-23-27)25-9-11-29-12-10-25/h3-5,7,13,17H,6,8-12,14H2,1-2H3/t17-/m1/s1. The Bertz CT molecular complexity index is 996. The van der Waals surface area contributed by atoms with Crippen molar-refractivity contribution in [2.75, 3.05) is 56.3 Å². The van der Waals surface area contributed by atoms with Gasteiger partial charge in [0, 0.05) is 45.0 Å². The fourth-order valence-corrected chi connectivity index (χ4v) is 4.27. The molecule has 3 aromatic heterocycles. The van der Waals surface area contributed by atoms with Crippen molar-refractivity contribution in [2.45, 2.75) is 19.4 Å². The lowest BCUT2D eigenvalue weighted by atomic mass is 10.2. The lowest BCUT2D eigenvalue weighted by Gasteiger charge is -2.28. The summed E-state index contributed by atoms with van der Waals surface area (Å²) in [5, 5.41) is 4.60. The summed E-state index contributed by atoms with van der Waals surface area (Å²) in [7, 11) is 1.77. The fraction of sp³-hybridized carbons (Fsp3) is 0.476. The highest BCUT2D eigenvalue weighted by Crippen LogP contribution is 2.30. The average Bonchev–Trinajstić information content (AvgIpc) is 3.38. The van der Waals surface area contributed by atoms with Gasteiger partial charge >= 0.3 is 0 Å². The molecule has 152 valence electrons. The lowest BCUT2D eigenvalue weighted by Crippen LogP contribution is -2.36. The molecule has 0 amide bonds. The summed E-state index contributed by atoms with van der Waals surface area (Å²) in [4.78, 5) is 14.2. The molecule has 0 saturated carbocycles. The van der Waals surface area contributed by atoms with Crippen molar-refractivity contribution in [1.82, 2.24) is 19.6 Å². The van der Waals surface area contributed by atoms with Gasteiger partial charge in [-0.3, -0.25) is 0 Å². The minimum absolute atomic E-state index is 0.292. The number of imidazole rings is 1. The first-order valence-corrected chi connectivity index (χ1v) is 10.2. The zero-order valence-corrected chi connectivity index (χ0v) is 16.9. The van der Waals surface area contributed by atoms with E-state index in [2.05, 4.69) is 27.0 Å². The van der Waals surface area contributed by atoms with Crippen LogP contribution in [0.25, 0.3) is 16.9 Å². The number of hydrogen-bond donors (Lipinski definition) is 0. The average molecular weight is 394 g/mol. The Balaban J connectivity index is 1.48. The van der Waals surface area contributed by atoms with Crippen molar-refractivity contribution >= 4 is 17.2 Å². The normalized spacial score (nSPS) is 20.0. The molecular formula is C21H26N6O2. The van der Waals surface area contributed by atoms with E-state index in [4.69, 9.17) is 19.4 Å². The summed E-state index contributed by atoms with van der Waals surface area (Å²) in [5.41, 5.74) is 4.95. The zero-order valence-electron chi connectivity index (χ0n) is 16.9. The van der Waals surface area contributed by atoms with Gasteiger partial charge in [0.05, 0.1) is 42.6 Å². The third-order valence-corrected chi connectivity index (χ3v) is 5.85. The van der Waals surface area contributed by atoms with Gasteiger partial charge in [0.2, 0.25) is 0 Å². The van der Waals surface area contributed by atoms with Gasteiger partial charge in [0.1, 0.15) is 5.82 Å². The van der Waals surface area contributed by atoms with Gasteiger partial charge in [0.25, 0.3) is 0 Å². The molecule has 0 N–H and O–H groups in total. The fourth-order valence-electron chi connectivity index (χ4n) is 4.27. The molecule has 3 aromatic rings. The number of aryl methyl sites for hydroxylation is 1. The van der Waals surface area contributed by atoms with Crippen molar-refractivity contribution in [1.29, 1.82) is 0 Å². The molecule has 1 atom stereocenters. The molecule has 0 radical (unpaired) electrons. The Hall–Kier alpha value is -2.71. The molecule has 29 heavy (non-hydrogen) atoms. The molecule has 5 heterocycles. The number of morpholine rings is 1. The Morgan fingerprint density at radius 1 is 1.10 bits per heavy atom. The molecule has 8 nitrogen and oxygen atoms in total. The van der Waals surface area contributed by atoms with Crippen LogP contribution in [0.5, 0.6) is 0 Å². The number of ether oxygens (including phenoxy) is 2. The number of nitrogens with zero attached hydrogens (tertiary/aromatic N) is 6. The van der Waals surface area contributed by atoms with Crippen LogP contribution in [0.2, 0.25) is 0 Å². The lowest BCUT2D eigenvalue weighted by molar-refractivity contribution is 0.121. The molecular weight excluding hydrogens is 368 g/mol. The number of aromatic nitrogens is 4. The van der Waals surface area contributed by atoms with E-state index in [9.17, 15) is 0 Å². The van der Waals surface area contributed by atoms with Crippen LogP contribution in [-0.2, 0) is 9.47 Å². The molecule has 0 aromatic carbocycles. The number of pyridine rings is 1. The Labute approximate surface area is 170 Å². The maximum atomic E-state index is 5.49. The van der Waals surface area contributed by atoms with Gasteiger partial charge in [-0.05, 0) is 31.5 Å². The van der Waals surface area contributed by atoms with Crippen molar-refractivity contribution in [3.8, 4) is 11.3 Å². The molecule has 5 rings (SSSR count). The smallest absolute Gasteiger partial charge is 0.178 e. The summed E-state index contributed by atoms with van der Waals surface area (Å²) in [6.07, 6.45) is 5.11. The van der Waals surface area contributed by atoms with Crippen LogP contribution in [0.1, 0.15) is 12.1 Å². The second-order valence-corrected chi connectivity index (χ2v) is 7.59. The second-order valence-electron chi connectivity index (χ2n) is 7.59. The minimum Gasteiger partial charge on any atom is -0.380 e. The van der Waals surface area contributed by atoms with Gasteiger partial charge in [-0.1, -0.05) is 0 Å². The van der Waals surface area contributed by atoms with E-state index in [-0.39, 0.29) is 0 Å². The Morgan fingerprint density at radius 3 is 2.69 bits per heavy atom. The predicted octanol–water partition coefficient (Wildman–Crippen LogP) is 2.16. The first kappa shape index (κ1) is 18.3. The van der Waals surface area contributed by atoms with Crippen LogP contribution in [0.15, 0.2) is 30.6 Å². The molecule has 0 aliphatic carbocycles. The van der Waals surface area contributed by atoms with Gasteiger partial charge < -0.3 is 19.3 Å². The number of methoxy groups -OCH3 is 1. The van der Waals surface area contributed by atoms with Gasteiger partial charge in [-0.15, -0.1) is 0 Å². The topological polar surface area (TPSA) is 68.0 Å². The number of fused-ring (bicyclic) bond motifs is 1. The molecule has 2 fully saturated rings. The molecule has 0 bridgehead atoms. The van der Waals surface area contributed by atoms with E-state index in [1.807, 2.05) is 29.9 Å². The van der Waals surface area contributed by atoms with Crippen LogP contribution >= 0.6 is 0 Å². The van der Waals surface area contributed by atoms with Crippen LogP contribution in [-0.4, -0.2) is 72.2 Å². The van der Waals surface area contributed by atoms with E-state index in [1.54, 1.807) is 7.11 Å². The third kappa shape index (κ3) is 3.32. The second kappa shape index (κ2) is 7.61. The number of hydrogen-bond acceptors (Lipinski definition) is 7. The van der Waals surface area contributed by atoms with E-state index in [1.165, 1.54) is 0 Å². The van der Waals surface area contributed by atoms with Gasteiger partial charge in [-0.2, -0.15) is 5.10 Å². The van der Waals surface area contributed by atoms with Crippen molar-refractivity contribution in [2.24, 2.45) is 0 Å². The highest BCUT2D eigenvalue weighted by Gasteiger charge is 2.24. The third-order valence-electron chi connectivity index (χ3n) is 5.85. The summed E-state index contributed by atoms with van der Waals surface area (Å²) >= 11 is 0. The summed E-state index contributed by atoms with van der Waals surface area (Å²) in [6.45, 7) is 7.13. The Kier molecular flexibility index (Phi) is 4.81. The van der Waals surface area contributed by atoms with Crippen molar-refractivity contribution in [3.63, 3.8) is 0 Å². The first-order chi connectivity index (χ1) is 14.2. The summed E-state index contributed by atoms with van der Waals surface area (Å²) in [5.74, 6) is 0.988. The summed E-state index contributed by atoms with van der Waals surface area (Å²) in [6, 6.07) is 6.23. The van der Waals surface area contributed by atoms with Gasteiger partial charge in [0.15, 0.2) is 5.65 Å². The van der Waals surface area contributed by atoms with E-state index >= 15 is 0 Å². The van der Waals surface area contributed by atoms with Crippen LogP contribution in [0.3, 0.4) is 0 Å². The zero-order chi connectivity index (χ0) is 19.8. The van der Waals surface area contributed by atoms with Crippen molar-refractivity contribution < 1.29 is 9.47 Å². The first-order valence-electron chi connectivity index (χ1n) is 10.2. The number of rotatable bonds is 4. The monoisotopic (exact) mass is 394 g/mol. The summed E-state index contributed by atoms with van der Waals surface area (Å²) < 4.78 is 12.9. The van der Waals surface area contributed by atoms with Crippen LogP contribution in [0, 0.1) is 6.92 Å². The van der Waals surface area contributed by atoms with Crippen LogP contribution in [0.4, 0.5) is 11.5 Å². The van der Waals surface area contributed by atoms with Crippen LogP contribution < -0.4 is 9.80 Å². The van der Waals surface area contributed by atoms with E-state index in [0.717, 1.165) is 79.9 Å². The largest absolute Gasteiger partial charge is 0.380 e. The highest BCUT2D eigenvalue weighted by molar-refractivity contribution is 5.75. The molecule has 0 unspecified atom stereocenters. The SMILES string of the molecule is CO[C@@H]1CCN(c2ccc(-c3c(C)nc4c(N5CCOCC5)ccnn34)cn2)C1. The highest BCUT2D eigenvalue weighted by atomic mass is 16.5. The maximum Gasteiger partial charge on any atom is 0.178 e.